The number of nitrogen functional groups attached to an aromatic ring is 1. The maximum Gasteiger partial charge on any atom is 0.417 e. The lowest BCUT2D eigenvalue weighted by atomic mass is 10.2. The van der Waals surface area contributed by atoms with Crippen LogP contribution in [0, 0.1) is 5.82 Å². The monoisotopic (exact) mass is 285 g/mol. The number of nitrogens with one attached hydrogen (secondary N) is 1. The van der Waals surface area contributed by atoms with Gasteiger partial charge in [0.2, 0.25) is 0 Å². The van der Waals surface area contributed by atoms with Gasteiger partial charge in [-0.2, -0.15) is 13.2 Å². The molecule has 2 rings (SSSR count). The van der Waals surface area contributed by atoms with Crippen molar-refractivity contribution >= 4 is 11.5 Å². The minimum absolute atomic E-state index is 0.0277. The smallest absolute Gasteiger partial charge is 0.382 e. The van der Waals surface area contributed by atoms with E-state index in [-0.39, 0.29) is 23.9 Å². The van der Waals surface area contributed by atoms with Gasteiger partial charge in [0.1, 0.15) is 11.6 Å². The van der Waals surface area contributed by atoms with Crippen LogP contribution < -0.4 is 11.1 Å². The van der Waals surface area contributed by atoms with Gasteiger partial charge >= 0.3 is 6.18 Å². The molecule has 2 aromatic rings. The van der Waals surface area contributed by atoms with Gasteiger partial charge < -0.3 is 11.1 Å². The standard InChI is InChI=1S/C13H11F4N3/c14-10-3-1-8(2-4-10)6-19-11-5-9(13(15,16)17)7-20-12(11)18/h1-5,7,19H,6H2,(H2,18,20). The second-order valence-corrected chi connectivity index (χ2v) is 4.13. The van der Waals surface area contributed by atoms with Crippen LogP contribution in [0.25, 0.3) is 0 Å². The highest BCUT2D eigenvalue weighted by molar-refractivity contribution is 5.62. The molecule has 0 saturated heterocycles. The molecule has 1 heterocycles. The predicted molar refractivity (Wildman–Crippen MR) is 67.4 cm³/mol. The topological polar surface area (TPSA) is 50.9 Å². The molecule has 0 atom stereocenters. The minimum Gasteiger partial charge on any atom is -0.382 e. The molecule has 1 aromatic carbocycles. The van der Waals surface area contributed by atoms with E-state index in [1.54, 1.807) is 0 Å². The third-order valence-electron chi connectivity index (χ3n) is 2.64. The number of nitrogens with zero attached hydrogens (tertiary/aromatic N) is 1. The summed E-state index contributed by atoms with van der Waals surface area (Å²) in [5, 5.41) is 2.75. The number of anilines is 2. The van der Waals surface area contributed by atoms with E-state index in [0.717, 1.165) is 6.07 Å². The molecule has 0 aliphatic heterocycles. The Hall–Kier alpha value is -2.31. The molecule has 106 valence electrons. The van der Waals surface area contributed by atoms with Crippen molar-refractivity contribution in [2.24, 2.45) is 0 Å². The maximum atomic E-state index is 12.7. The highest BCUT2D eigenvalue weighted by Gasteiger charge is 2.31. The number of aromatic nitrogens is 1. The van der Waals surface area contributed by atoms with Crippen molar-refractivity contribution in [2.45, 2.75) is 12.7 Å². The molecule has 0 amide bonds. The van der Waals surface area contributed by atoms with Crippen LogP contribution in [0.4, 0.5) is 29.1 Å². The molecule has 7 heteroatoms. The lowest BCUT2D eigenvalue weighted by Gasteiger charge is -2.12. The Morgan fingerprint density at radius 1 is 1.15 bits per heavy atom. The SMILES string of the molecule is Nc1ncc(C(F)(F)F)cc1NCc1ccc(F)cc1. The van der Waals surface area contributed by atoms with Gasteiger partial charge in [0, 0.05) is 12.7 Å². The summed E-state index contributed by atoms with van der Waals surface area (Å²) in [6.07, 6.45) is -3.80. The van der Waals surface area contributed by atoms with Gasteiger partial charge in [-0.3, -0.25) is 0 Å². The van der Waals surface area contributed by atoms with Crippen LogP contribution in [0.5, 0.6) is 0 Å². The Morgan fingerprint density at radius 2 is 1.80 bits per heavy atom. The number of pyridine rings is 1. The fourth-order valence-corrected chi connectivity index (χ4v) is 1.57. The van der Waals surface area contributed by atoms with E-state index >= 15 is 0 Å². The van der Waals surface area contributed by atoms with Gasteiger partial charge in [0.15, 0.2) is 0 Å². The van der Waals surface area contributed by atoms with Gasteiger partial charge in [0.25, 0.3) is 0 Å². The summed E-state index contributed by atoms with van der Waals surface area (Å²) in [4.78, 5) is 3.51. The van der Waals surface area contributed by atoms with Crippen molar-refractivity contribution in [3.05, 3.63) is 53.5 Å². The van der Waals surface area contributed by atoms with Crippen LogP contribution in [0.1, 0.15) is 11.1 Å². The summed E-state index contributed by atoms with van der Waals surface area (Å²) >= 11 is 0. The summed E-state index contributed by atoms with van der Waals surface area (Å²) in [6.45, 7) is 0.216. The highest BCUT2D eigenvalue weighted by atomic mass is 19.4. The van der Waals surface area contributed by atoms with Crippen molar-refractivity contribution in [3.8, 4) is 0 Å². The van der Waals surface area contributed by atoms with Crippen molar-refractivity contribution in [1.29, 1.82) is 0 Å². The molecule has 1 aromatic heterocycles. The lowest BCUT2D eigenvalue weighted by Crippen LogP contribution is -2.10. The predicted octanol–water partition coefficient (Wildman–Crippen LogP) is 3.43. The van der Waals surface area contributed by atoms with E-state index in [0.29, 0.717) is 11.8 Å². The fourth-order valence-electron chi connectivity index (χ4n) is 1.57. The number of nitrogens with two attached hydrogens (primary N) is 1. The quantitative estimate of drug-likeness (QED) is 0.849. The average molecular weight is 285 g/mol. The maximum absolute atomic E-state index is 12.7. The van der Waals surface area contributed by atoms with E-state index in [2.05, 4.69) is 10.3 Å². The zero-order valence-electron chi connectivity index (χ0n) is 10.2. The molecule has 20 heavy (non-hydrogen) atoms. The van der Waals surface area contributed by atoms with Gasteiger partial charge in [-0.1, -0.05) is 12.1 Å². The van der Waals surface area contributed by atoms with Crippen LogP contribution in [0.15, 0.2) is 36.5 Å². The van der Waals surface area contributed by atoms with E-state index in [9.17, 15) is 17.6 Å². The number of benzene rings is 1. The van der Waals surface area contributed by atoms with E-state index in [4.69, 9.17) is 5.73 Å². The summed E-state index contributed by atoms with van der Waals surface area (Å²) in [6, 6.07) is 6.49. The van der Waals surface area contributed by atoms with Crippen LogP contribution in [0.2, 0.25) is 0 Å². The van der Waals surface area contributed by atoms with Crippen LogP contribution in [-0.4, -0.2) is 4.98 Å². The van der Waals surface area contributed by atoms with Gasteiger partial charge in [0.05, 0.1) is 11.3 Å². The fraction of sp³-hybridized carbons (Fsp3) is 0.154. The summed E-state index contributed by atoms with van der Waals surface area (Å²) < 4.78 is 50.4. The number of hydrogen-bond acceptors (Lipinski definition) is 3. The minimum atomic E-state index is -4.48. The van der Waals surface area contributed by atoms with E-state index < -0.39 is 11.7 Å². The zero-order chi connectivity index (χ0) is 14.8. The summed E-state index contributed by atoms with van der Waals surface area (Å²) in [7, 11) is 0. The molecular formula is C13H11F4N3. The first-order valence-electron chi connectivity index (χ1n) is 5.67. The second kappa shape index (κ2) is 5.36. The normalized spacial score (nSPS) is 11.4. The largest absolute Gasteiger partial charge is 0.417 e. The van der Waals surface area contributed by atoms with Crippen molar-refractivity contribution < 1.29 is 17.6 Å². The van der Waals surface area contributed by atoms with Gasteiger partial charge in [-0.05, 0) is 23.8 Å². The molecule has 3 nitrogen and oxygen atoms in total. The Labute approximate surface area is 112 Å². The summed E-state index contributed by atoms with van der Waals surface area (Å²) in [5.41, 5.74) is 5.44. The first-order valence-corrected chi connectivity index (χ1v) is 5.67. The first kappa shape index (κ1) is 14.1. The second-order valence-electron chi connectivity index (χ2n) is 4.13. The molecule has 0 spiro atoms. The molecule has 3 N–H and O–H groups in total. The Bertz CT molecular complexity index is 594. The van der Waals surface area contributed by atoms with Crippen molar-refractivity contribution in [2.75, 3.05) is 11.1 Å². The Kier molecular flexibility index (Phi) is 3.78. The van der Waals surface area contributed by atoms with E-state index in [1.165, 1.54) is 24.3 Å². The van der Waals surface area contributed by atoms with Crippen molar-refractivity contribution in [3.63, 3.8) is 0 Å². The third-order valence-corrected chi connectivity index (χ3v) is 2.64. The molecule has 0 radical (unpaired) electrons. The Morgan fingerprint density at radius 3 is 2.40 bits per heavy atom. The molecule has 0 aliphatic carbocycles. The molecule has 0 bridgehead atoms. The van der Waals surface area contributed by atoms with Crippen LogP contribution in [-0.2, 0) is 12.7 Å². The molecular weight excluding hydrogens is 274 g/mol. The molecule has 0 unspecified atom stereocenters. The number of alkyl halides is 3. The average Bonchev–Trinajstić information content (AvgIpc) is 2.38. The Balaban J connectivity index is 2.14. The van der Waals surface area contributed by atoms with Crippen molar-refractivity contribution in [1.82, 2.24) is 4.98 Å². The summed E-state index contributed by atoms with van der Waals surface area (Å²) in [5.74, 6) is -0.408. The zero-order valence-corrected chi connectivity index (χ0v) is 10.2. The molecule has 0 fully saturated rings. The number of rotatable bonds is 3. The third kappa shape index (κ3) is 3.37. The van der Waals surface area contributed by atoms with Gasteiger partial charge in [-0.15, -0.1) is 0 Å². The van der Waals surface area contributed by atoms with Crippen LogP contribution >= 0.6 is 0 Å². The molecule has 0 aliphatic rings. The first-order chi connectivity index (χ1) is 9.36. The van der Waals surface area contributed by atoms with E-state index in [1.807, 2.05) is 0 Å². The lowest BCUT2D eigenvalue weighted by molar-refractivity contribution is -0.137. The number of halogens is 4. The highest BCUT2D eigenvalue weighted by Crippen LogP contribution is 2.31. The van der Waals surface area contributed by atoms with Gasteiger partial charge in [-0.25, -0.2) is 9.37 Å². The molecule has 0 saturated carbocycles. The van der Waals surface area contributed by atoms with Crippen LogP contribution in [0.3, 0.4) is 0 Å². The number of hydrogen-bond donors (Lipinski definition) is 2.